The van der Waals surface area contributed by atoms with Crippen LogP contribution in [-0.2, 0) is 26.0 Å². The number of fused-ring (bicyclic) bond motifs is 1. The van der Waals surface area contributed by atoms with Crippen molar-refractivity contribution in [1.82, 2.24) is 4.72 Å². The van der Waals surface area contributed by atoms with Crippen LogP contribution in [0.5, 0.6) is 0 Å². The largest absolute Gasteiger partial charge is 0.469 e. The molecule has 2 rings (SSSR count). The Hall–Kier alpha value is -1.44. The van der Waals surface area contributed by atoms with Crippen molar-refractivity contribution in [3.05, 3.63) is 35.4 Å². The van der Waals surface area contributed by atoms with E-state index in [1.807, 2.05) is 12.1 Å². The van der Waals surface area contributed by atoms with Crippen LogP contribution in [0.15, 0.2) is 24.3 Å². The lowest BCUT2D eigenvalue weighted by Gasteiger charge is -2.17. The normalized spacial score (nSPS) is 21.5. The molecule has 0 aliphatic heterocycles. The smallest absolute Gasteiger partial charge is 0.306 e. The van der Waals surface area contributed by atoms with Crippen molar-refractivity contribution < 1.29 is 23.1 Å². The fourth-order valence-corrected chi connectivity index (χ4v) is 3.51. The summed E-state index contributed by atoms with van der Waals surface area (Å²) in [7, 11) is -2.45. The number of esters is 1. The van der Waals surface area contributed by atoms with E-state index in [2.05, 4.69) is 9.46 Å². The number of hydrogen-bond donors (Lipinski definition) is 2. The highest BCUT2D eigenvalue weighted by molar-refractivity contribution is 7.89. The summed E-state index contributed by atoms with van der Waals surface area (Å²) in [6.45, 7) is 0. The predicted octanol–water partition coefficient (Wildman–Crippen LogP) is 0.127. The first kappa shape index (κ1) is 15.0. The Balaban J connectivity index is 2.08. The van der Waals surface area contributed by atoms with Gasteiger partial charge in [-0.25, -0.2) is 13.1 Å². The van der Waals surface area contributed by atoms with E-state index < -0.39 is 28.1 Å². The number of sulfonamides is 1. The van der Waals surface area contributed by atoms with Crippen LogP contribution in [0.25, 0.3) is 0 Å². The molecule has 110 valence electrons. The number of aliphatic hydroxyl groups is 1. The number of ether oxygens (including phenoxy) is 1. The molecule has 2 N–H and O–H groups in total. The van der Waals surface area contributed by atoms with Crippen molar-refractivity contribution in [1.29, 1.82) is 0 Å². The molecular weight excluding hydrogens is 282 g/mol. The third kappa shape index (κ3) is 3.36. The highest BCUT2D eigenvalue weighted by Gasteiger charge is 2.33. The average molecular weight is 299 g/mol. The second-order valence-electron chi connectivity index (χ2n) is 4.71. The van der Waals surface area contributed by atoms with E-state index in [0.717, 1.165) is 11.1 Å². The standard InChI is InChI=1S/C13H17NO5S/c1-19-12(16)6-7-20(17,18)14-13-10-5-3-2-4-9(10)8-11(13)15/h2-5,11,13-15H,6-8H2,1H3. The quantitative estimate of drug-likeness (QED) is 0.754. The average Bonchev–Trinajstić information content (AvgIpc) is 2.72. The van der Waals surface area contributed by atoms with Crippen LogP contribution in [0.4, 0.5) is 0 Å². The Morgan fingerprint density at radius 3 is 2.85 bits per heavy atom. The van der Waals surface area contributed by atoms with Gasteiger partial charge in [-0.2, -0.15) is 0 Å². The SMILES string of the molecule is COC(=O)CCS(=O)(=O)NC1c2ccccc2CC1O. The molecule has 1 aliphatic carbocycles. The Bertz CT molecular complexity index is 599. The molecule has 1 aliphatic rings. The number of carbonyl (C=O) groups is 1. The molecule has 20 heavy (non-hydrogen) atoms. The van der Waals surface area contributed by atoms with E-state index in [-0.39, 0.29) is 12.2 Å². The summed E-state index contributed by atoms with van der Waals surface area (Å²) < 4.78 is 30.7. The summed E-state index contributed by atoms with van der Waals surface area (Å²) in [6, 6.07) is 6.64. The zero-order chi connectivity index (χ0) is 14.8. The number of carbonyl (C=O) groups excluding carboxylic acids is 1. The van der Waals surface area contributed by atoms with E-state index in [9.17, 15) is 18.3 Å². The van der Waals surface area contributed by atoms with Gasteiger partial charge in [-0.15, -0.1) is 0 Å². The van der Waals surface area contributed by atoms with Crippen LogP contribution in [0, 0.1) is 0 Å². The molecule has 0 saturated heterocycles. The molecule has 0 amide bonds. The van der Waals surface area contributed by atoms with E-state index in [1.54, 1.807) is 12.1 Å². The zero-order valence-electron chi connectivity index (χ0n) is 11.1. The van der Waals surface area contributed by atoms with Gasteiger partial charge in [0.15, 0.2) is 0 Å². The number of rotatable bonds is 5. The Morgan fingerprint density at radius 1 is 1.45 bits per heavy atom. The monoisotopic (exact) mass is 299 g/mol. The first-order chi connectivity index (χ1) is 9.43. The van der Waals surface area contributed by atoms with E-state index in [1.165, 1.54) is 7.11 Å². The van der Waals surface area contributed by atoms with Gasteiger partial charge in [0.2, 0.25) is 10.0 Å². The second kappa shape index (κ2) is 5.90. The minimum Gasteiger partial charge on any atom is -0.469 e. The van der Waals surface area contributed by atoms with Crippen LogP contribution in [0.3, 0.4) is 0 Å². The van der Waals surface area contributed by atoms with Crippen molar-refractivity contribution in [2.24, 2.45) is 0 Å². The predicted molar refractivity (Wildman–Crippen MR) is 72.4 cm³/mol. The molecule has 6 nitrogen and oxygen atoms in total. The number of nitrogens with one attached hydrogen (secondary N) is 1. The van der Waals surface area contributed by atoms with Crippen LogP contribution >= 0.6 is 0 Å². The second-order valence-corrected chi connectivity index (χ2v) is 6.58. The molecule has 0 spiro atoms. The number of benzene rings is 1. The lowest BCUT2D eigenvalue weighted by Crippen LogP contribution is -2.35. The van der Waals surface area contributed by atoms with Gasteiger partial charge >= 0.3 is 5.97 Å². The summed E-state index contributed by atoms with van der Waals surface area (Å²) in [5, 5.41) is 9.98. The van der Waals surface area contributed by atoms with Crippen molar-refractivity contribution in [3.8, 4) is 0 Å². The third-order valence-corrected chi connectivity index (χ3v) is 4.67. The Morgan fingerprint density at radius 2 is 2.15 bits per heavy atom. The molecular formula is C13H17NO5S. The van der Waals surface area contributed by atoms with Gasteiger partial charge in [0.25, 0.3) is 0 Å². The van der Waals surface area contributed by atoms with Crippen LogP contribution in [0.2, 0.25) is 0 Å². The third-order valence-electron chi connectivity index (χ3n) is 3.31. The fraction of sp³-hybridized carbons (Fsp3) is 0.462. The fourth-order valence-electron chi connectivity index (χ4n) is 2.29. The van der Waals surface area contributed by atoms with Crippen molar-refractivity contribution >= 4 is 16.0 Å². The zero-order valence-corrected chi connectivity index (χ0v) is 11.9. The lowest BCUT2D eigenvalue weighted by molar-refractivity contribution is -0.140. The van der Waals surface area contributed by atoms with Gasteiger partial charge in [0, 0.05) is 6.42 Å². The van der Waals surface area contributed by atoms with Crippen LogP contribution in [0.1, 0.15) is 23.6 Å². The van der Waals surface area contributed by atoms with Gasteiger partial charge in [0.1, 0.15) is 0 Å². The van der Waals surface area contributed by atoms with E-state index in [0.29, 0.717) is 6.42 Å². The molecule has 0 saturated carbocycles. The number of methoxy groups -OCH3 is 1. The maximum absolute atomic E-state index is 11.9. The minimum atomic E-state index is -3.66. The molecule has 0 heterocycles. The highest BCUT2D eigenvalue weighted by Crippen LogP contribution is 2.31. The highest BCUT2D eigenvalue weighted by atomic mass is 32.2. The van der Waals surface area contributed by atoms with E-state index >= 15 is 0 Å². The topological polar surface area (TPSA) is 92.7 Å². The molecule has 0 bridgehead atoms. The first-order valence-electron chi connectivity index (χ1n) is 6.25. The number of aliphatic hydroxyl groups excluding tert-OH is 1. The molecule has 0 fully saturated rings. The first-order valence-corrected chi connectivity index (χ1v) is 7.91. The summed E-state index contributed by atoms with van der Waals surface area (Å²) in [5.74, 6) is -0.937. The number of hydrogen-bond acceptors (Lipinski definition) is 5. The molecule has 0 radical (unpaired) electrons. The van der Waals surface area contributed by atoms with Crippen molar-refractivity contribution in [3.63, 3.8) is 0 Å². The van der Waals surface area contributed by atoms with Gasteiger partial charge in [-0.1, -0.05) is 24.3 Å². The minimum absolute atomic E-state index is 0.212. The van der Waals surface area contributed by atoms with Gasteiger partial charge in [-0.05, 0) is 11.1 Å². The summed E-state index contributed by atoms with van der Waals surface area (Å²) in [5.41, 5.74) is 1.71. The molecule has 1 aromatic carbocycles. The lowest BCUT2D eigenvalue weighted by atomic mass is 10.1. The molecule has 0 aromatic heterocycles. The van der Waals surface area contributed by atoms with Crippen molar-refractivity contribution in [2.75, 3.05) is 12.9 Å². The van der Waals surface area contributed by atoms with Crippen LogP contribution in [-0.4, -0.2) is 38.5 Å². The summed E-state index contributed by atoms with van der Waals surface area (Å²) in [4.78, 5) is 11.0. The summed E-state index contributed by atoms with van der Waals surface area (Å²) >= 11 is 0. The molecule has 2 atom stereocenters. The molecule has 1 aromatic rings. The summed E-state index contributed by atoms with van der Waals surface area (Å²) in [6.07, 6.45) is -0.586. The van der Waals surface area contributed by atoms with Crippen LogP contribution < -0.4 is 4.72 Å². The maximum atomic E-state index is 11.9. The Kier molecular flexibility index (Phi) is 4.42. The van der Waals surface area contributed by atoms with Gasteiger partial charge < -0.3 is 9.84 Å². The van der Waals surface area contributed by atoms with Crippen molar-refractivity contribution in [2.45, 2.75) is 25.0 Å². The van der Waals surface area contributed by atoms with Gasteiger partial charge in [0.05, 0.1) is 31.4 Å². The maximum Gasteiger partial charge on any atom is 0.306 e. The Labute approximate surface area is 117 Å². The van der Waals surface area contributed by atoms with Gasteiger partial charge in [-0.3, -0.25) is 4.79 Å². The van der Waals surface area contributed by atoms with E-state index in [4.69, 9.17) is 0 Å². The molecule has 7 heteroatoms. The molecule has 2 unspecified atom stereocenters.